The Morgan fingerprint density at radius 3 is 2.65 bits per heavy atom. The first-order chi connectivity index (χ1) is 8.31. The summed E-state index contributed by atoms with van der Waals surface area (Å²) >= 11 is 0. The van der Waals surface area contributed by atoms with Gasteiger partial charge in [-0.1, -0.05) is 43.3 Å². The van der Waals surface area contributed by atoms with E-state index < -0.39 is 0 Å². The molecule has 2 nitrogen and oxygen atoms in total. The average Bonchev–Trinajstić information content (AvgIpc) is 2.38. The Morgan fingerprint density at radius 2 is 1.88 bits per heavy atom. The zero-order chi connectivity index (χ0) is 12.1. The van der Waals surface area contributed by atoms with E-state index in [1.165, 1.54) is 10.8 Å². The van der Waals surface area contributed by atoms with Gasteiger partial charge in [0.1, 0.15) is 0 Å². The van der Waals surface area contributed by atoms with Crippen molar-refractivity contribution in [3.8, 4) is 0 Å². The van der Waals surface area contributed by atoms with E-state index in [-0.39, 0.29) is 6.04 Å². The van der Waals surface area contributed by atoms with Crippen molar-refractivity contribution in [2.24, 2.45) is 5.73 Å². The highest BCUT2D eigenvalue weighted by molar-refractivity contribution is 5.83. The minimum Gasteiger partial charge on any atom is -0.379 e. The number of hydrogen-bond acceptors (Lipinski definition) is 2. The molecule has 0 radical (unpaired) electrons. The molecule has 1 atom stereocenters. The summed E-state index contributed by atoms with van der Waals surface area (Å²) in [5.74, 6) is 0. The fraction of sp³-hybridized carbons (Fsp3) is 0.333. The highest BCUT2D eigenvalue weighted by Crippen LogP contribution is 2.19. The van der Waals surface area contributed by atoms with E-state index in [1.807, 2.05) is 12.1 Å². The molecule has 2 heteroatoms. The molecule has 2 N–H and O–H groups in total. The SMILES string of the molecule is CCCOCC(N)c1ccc2ccccc2c1. The molecule has 90 valence electrons. The van der Waals surface area contributed by atoms with E-state index in [9.17, 15) is 0 Å². The summed E-state index contributed by atoms with van der Waals surface area (Å²) in [7, 11) is 0. The quantitative estimate of drug-likeness (QED) is 0.799. The van der Waals surface area contributed by atoms with Crippen molar-refractivity contribution in [1.29, 1.82) is 0 Å². The molecule has 2 aromatic carbocycles. The largest absolute Gasteiger partial charge is 0.379 e. The molecule has 0 bridgehead atoms. The third kappa shape index (κ3) is 3.05. The van der Waals surface area contributed by atoms with Crippen LogP contribution in [0.1, 0.15) is 24.9 Å². The molecule has 1 unspecified atom stereocenters. The van der Waals surface area contributed by atoms with Crippen molar-refractivity contribution < 1.29 is 4.74 Å². The van der Waals surface area contributed by atoms with Gasteiger partial charge in [-0.2, -0.15) is 0 Å². The summed E-state index contributed by atoms with van der Waals surface area (Å²) in [5, 5.41) is 2.48. The van der Waals surface area contributed by atoms with Crippen molar-refractivity contribution in [3.05, 3.63) is 48.0 Å². The molecule has 0 aliphatic rings. The maximum Gasteiger partial charge on any atom is 0.0659 e. The van der Waals surface area contributed by atoms with Gasteiger partial charge < -0.3 is 10.5 Å². The summed E-state index contributed by atoms with van der Waals surface area (Å²) in [6.45, 7) is 3.47. The Labute approximate surface area is 102 Å². The fourth-order valence-electron chi connectivity index (χ4n) is 1.89. The molecule has 0 heterocycles. The molecule has 0 aliphatic carbocycles. The lowest BCUT2D eigenvalue weighted by atomic mass is 10.0. The molecule has 0 amide bonds. The lowest BCUT2D eigenvalue weighted by molar-refractivity contribution is 0.121. The normalized spacial score (nSPS) is 12.8. The summed E-state index contributed by atoms with van der Waals surface area (Å²) in [4.78, 5) is 0. The van der Waals surface area contributed by atoms with Gasteiger partial charge in [-0.3, -0.25) is 0 Å². The van der Waals surface area contributed by atoms with Gasteiger partial charge in [-0.15, -0.1) is 0 Å². The second-order valence-corrected chi connectivity index (χ2v) is 4.29. The van der Waals surface area contributed by atoms with Gasteiger partial charge in [0.15, 0.2) is 0 Å². The van der Waals surface area contributed by atoms with E-state index in [1.54, 1.807) is 0 Å². The van der Waals surface area contributed by atoms with Crippen LogP contribution in [0.2, 0.25) is 0 Å². The molecule has 17 heavy (non-hydrogen) atoms. The van der Waals surface area contributed by atoms with Crippen molar-refractivity contribution in [3.63, 3.8) is 0 Å². The molecule has 0 saturated heterocycles. The van der Waals surface area contributed by atoms with Crippen LogP contribution < -0.4 is 5.73 Å². The van der Waals surface area contributed by atoms with Crippen molar-refractivity contribution in [1.82, 2.24) is 0 Å². The lowest BCUT2D eigenvalue weighted by Crippen LogP contribution is -2.17. The molecular formula is C15H19NO. The Hall–Kier alpha value is -1.38. The number of benzene rings is 2. The zero-order valence-electron chi connectivity index (χ0n) is 10.2. The first kappa shape index (κ1) is 12.1. The Morgan fingerprint density at radius 1 is 1.12 bits per heavy atom. The van der Waals surface area contributed by atoms with Gasteiger partial charge in [0.25, 0.3) is 0 Å². The van der Waals surface area contributed by atoms with Crippen LogP contribution in [0.3, 0.4) is 0 Å². The van der Waals surface area contributed by atoms with Crippen molar-refractivity contribution in [2.75, 3.05) is 13.2 Å². The van der Waals surface area contributed by atoms with E-state index >= 15 is 0 Å². The van der Waals surface area contributed by atoms with Gasteiger partial charge >= 0.3 is 0 Å². The van der Waals surface area contributed by atoms with Crippen LogP contribution in [0.15, 0.2) is 42.5 Å². The Kier molecular flexibility index (Phi) is 4.13. The first-order valence-electron chi connectivity index (χ1n) is 6.13. The maximum atomic E-state index is 6.10. The average molecular weight is 229 g/mol. The maximum absolute atomic E-state index is 6.10. The summed E-state index contributed by atoms with van der Waals surface area (Å²) in [6.07, 6.45) is 1.03. The number of fused-ring (bicyclic) bond motifs is 1. The van der Waals surface area contributed by atoms with Crippen LogP contribution in [-0.2, 0) is 4.74 Å². The number of rotatable bonds is 5. The summed E-state index contributed by atoms with van der Waals surface area (Å²) in [6, 6.07) is 14.6. The third-order valence-corrected chi connectivity index (χ3v) is 2.85. The monoisotopic (exact) mass is 229 g/mol. The third-order valence-electron chi connectivity index (χ3n) is 2.85. The van der Waals surface area contributed by atoms with E-state index in [4.69, 9.17) is 10.5 Å². The molecule has 0 aliphatic heterocycles. The molecule has 2 aromatic rings. The van der Waals surface area contributed by atoms with Gasteiger partial charge in [-0.05, 0) is 28.8 Å². The lowest BCUT2D eigenvalue weighted by Gasteiger charge is -2.13. The second-order valence-electron chi connectivity index (χ2n) is 4.29. The number of ether oxygens (including phenoxy) is 1. The molecular weight excluding hydrogens is 210 g/mol. The smallest absolute Gasteiger partial charge is 0.0659 e. The summed E-state index contributed by atoms with van der Waals surface area (Å²) in [5.41, 5.74) is 7.24. The predicted octanol–water partition coefficient (Wildman–Crippen LogP) is 3.27. The predicted molar refractivity (Wildman–Crippen MR) is 72.0 cm³/mol. The van der Waals surface area contributed by atoms with Crippen molar-refractivity contribution in [2.45, 2.75) is 19.4 Å². The van der Waals surface area contributed by atoms with E-state index in [0.717, 1.165) is 18.6 Å². The summed E-state index contributed by atoms with van der Waals surface area (Å²) < 4.78 is 5.49. The van der Waals surface area contributed by atoms with Crippen molar-refractivity contribution >= 4 is 10.8 Å². The van der Waals surface area contributed by atoms with Crippen LogP contribution in [0.5, 0.6) is 0 Å². The highest BCUT2D eigenvalue weighted by Gasteiger charge is 2.06. The molecule has 0 fully saturated rings. The van der Waals surface area contributed by atoms with E-state index in [0.29, 0.717) is 6.61 Å². The molecule has 2 rings (SSSR count). The Bertz CT molecular complexity index is 481. The number of hydrogen-bond donors (Lipinski definition) is 1. The second kappa shape index (κ2) is 5.80. The zero-order valence-corrected chi connectivity index (χ0v) is 10.2. The van der Waals surface area contributed by atoms with Gasteiger partial charge in [0.2, 0.25) is 0 Å². The molecule has 0 aromatic heterocycles. The van der Waals surface area contributed by atoms with E-state index in [2.05, 4.69) is 37.3 Å². The molecule has 0 saturated carbocycles. The fourth-order valence-corrected chi connectivity index (χ4v) is 1.89. The van der Waals surface area contributed by atoms with Crippen LogP contribution in [-0.4, -0.2) is 13.2 Å². The first-order valence-corrected chi connectivity index (χ1v) is 6.13. The van der Waals surface area contributed by atoms with Gasteiger partial charge in [0, 0.05) is 6.61 Å². The van der Waals surface area contributed by atoms with Gasteiger partial charge in [0.05, 0.1) is 12.6 Å². The number of nitrogens with two attached hydrogens (primary N) is 1. The van der Waals surface area contributed by atoms with Gasteiger partial charge in [-0.25, -0.2) is 0 Å². The Balaban J connectivity index is 2.12. The minimum atomic E-state index is -0.0360. The minimum absolute atomic E-state index is 0.0360. The van der Waals surface area contributed by atoms with Crippen LogP contribution in [0.4, 0.5) is 0 Å². The van der Waals surface area contributed by atoms with Crippen LogP contribution in [0, 0.1) is 0 Å². The highest BCUT2D eigenvalue weighted by atomic mass is 16.5. The standard InChI is InChI=1S/C15H19NO/c1-2-9-17-11-15(16)14-8-7-12-5-3-4-6-13(12)10-14/h3-8,10,15H,2,9,11,16H2,1H3. The van der Waals surface area contributed by atoms with Crippen LogP contribution >= 0.6 is 0 Å². The topological polar surface area (TPSA) is 35.2 Å². The van der Waals surface area contributed by atoms with Crippen LogP contribution in [0.25, 0.3) is 10.8 Å². The molecule has 0 spiro atoms.